The molecule has 0 aliphatic rings. The number of nitrogens with one attached hydrogen (secondary N) is 1. The fraction of sp³-hybridized carbons (Fsp3) is 0.250. The lowest BCUT2D eigenvalue weighted by atomic mass is 10.1. The van der Waals surface area contributed by atoms with E-state index in [9.17, 15) is 0 Å². The first-order chi connectivity index (χ1) is 9.51. The summed E-state index contributed by atoms with van der Waals surface area (Å²) >= 11 is 3.58. The molecule has 0 saturated carbocycles. The lowest BCUT2D eigenvalue weighted by Gasteiger charge is -2.13. The van der Waals surface area contributed by atoms with E-state index in [1.165, 1.54) is 11.1 Å². The normalized spacial score (nSPS) is 10.4. The van der Waals surface area contributed by atoms with Crippen molar-refractivity contribution in [3.05, 3.63) is 45.9 Å². The van der Waals surface area contributed by atoms with E-state index in [1.807, 2.05) is 25.1 Å². The van der Waals surface area contributed by atoms with Crippen LogP contribution < -0.4 is 15.8 Å². The molecule has 0 aromatic heterocycles. The molecule has 4 heteroatoms. The highest BCUT2D eigenvalue weighted by Gasteiger charge is 2.05. The third-order valence-corrected chi connectivity index (χ3v) is 4.29. The number of benzene rings is 2. The number of ether oxygens (including phenoxy) is 1. The molecule has 106 valence electrons. The van der Waals surface area contributed by atoms with Gasteiger partial charge in [-0.15, -0.1) is 0 Å². The SMILES string of the molecule is CCOc1cc(Nc2cc(C)c(Br)c(C)c2)ccc1N. The summed E-state index contributed by atoms with van der Waals surface area (Å²) in [6.07, 6.45) is 0. The van der Waals surface area contributed by atoms with E-state index in [4.69, 9.17) is 10.5 Å². The summed E-state index contributed by atoms with van der Waals surface area (Å²) in [5.41, 5.74) is 10.9. The van der Waals surface area contributed by atoms with Crippen LogP contribution in [0.4, 0.5) is 17.1 Å². The third kappa shape index (κ3) is 3.25. The van der Waals surface area contributed by atoms with Crippen molar-refractivity contribution in [1.82, 2.24) is 0 Å². The van der Waals surface area contributed by atoms with Crippen molar-refractivity contribution in [2.24, 2.45) is 0 Å². The quantitative estimate of drug-likeness (QED) is 0.790. The van der Waals surface area contributed by atoms with Gasteiger partial charge in [-0.25, -0.2) is 0 Å². The fourth-order valence-electron chi connectivity index (χ4n) is 2.08. The average Bonchev–Trinajstić information content (AvgIpc) is 2.40. The minimum atomic E-state index is 0.601. The van der Waals surface area contributed by atoms with E-state index in [-0.39, 0.29) is 0 Å². The number of halogens is 1. The summed E-state index contributed by atoms with van der Waals surface area (Å²) in [7, 11) is 0. The van der Waals surface area contributed by atoms with Gasteiger partial charge in [0.15, 0.2) is 0 Å². The molecule has 0 heterocycles. The van der Waals surface area contributed by atoms with Crippen LogP contribution >= 0.6 is 15.9 Å². The van der Waals surface area contributed by atoms with Crippen molar-refractivity contribution >= 4 is 33.0 Å². The summed E-state index contributed by atoms with van der Waals surface area (Å²) in [5, 5.41) is 3.38. The zero-order chi connectivity index (χ0) is 14.7. The van der Waals surface area contributed by atoms with Gasteiger partial charge in [0.2, 0.25) is 0 Å². The van der Waals surface area contributed by atoms with Crippen molar-refractivity contribution in [2.75, 3.05) is 17.7 Å². The molecule has 0 spiro atoms. The Bertz CT molecular complexity index is 603. The van der Waals surface area contributed by atoms with Crippen LogP contribution in [0.1, 0.15) is 18.1 Å². The largest absolute Gasteiger partial charge is 0.492 e. The molecule has 3 N–H and O–H groups in total. The van der Waals surface area contributed by atoms with E-state index >= 15 is 0 Å². The summed E-state index contributed by atoms with van der Waals surface area (Å²) < 4.78 is 6.66. The highest BCUT2D eigenvalue weighted by Crippen LogP contribution is 2.30. The van der Waals surface area contributed by atoms with Crippen LogP contribution in [0, 0.1) is 13.8 Å². The Kier molecular flexibility index (Phi) is 4.55. The molecule has 0 aliphatic carbocycles. The predicted octanol–water partition coefficient (Wildman–Crippen LogP) is 4.79. The number of nitrogen functional groups attached to an aromatic ring is 1. The Balaban J connectivity index is 2.28. The van der Waals surface area contributed by atoms with Gasteiger partial charge in [-0.3, -0.25) is 0 Å². The first-order valence-corrected chi connectivity index (χ1v) is 7.36. The Hall–Kier alpha value is -1.68. The molecule has 2 aromatic rings. The van der Waals surface area contributed by atoms with Crippen LogP contribution in [-0.4, -0.2) is 6.61 Å². The lowest BCUT2D eigenvalue weighted by molar-refractivity contribution is 0.342. The molecule has 0 saturated heterocycles. The molecule has 0 aliphatic heterocycles. The van der Waals surface area contributed by atoms with Crippen LogP contribution in [0.25, 0.3) is 0 Å². The van der Waals surface area contributed by atoms with Gasteiger partial charge in [0.1, 0.15) is 5.75 Å². The minimum absolute atomic E-state index is 0.601. The van der Waals surface area contributed by atoms with Crippen molar-refractivity contribution in [1.29, 1.82) is 0 Å². The van der Waals surface area contributed by atoms with Gasteiger partial charge in [0, 0.05) is 21.9 Å². The Morgan fingerprint density at radius 3 is 2.35 bits per heavy atom. The molecule has 0 unspecified atom stereocenters. The molecule has 0 bridgehead atoms. The molecule has 0 radical (unpaired) electrons. The van der Waals surface area contributed by atoms with Crippen molar-refractivity contribution in [3.8, 4) is 5.75 Å². The maximum atomic E-state index is 5.88. The lowest BCUT2D eigenvalue weighted by Crippen LogP contribution is -1.99. The molecule has 2 rings (SSSR count). The summed E-state index contributed by atoms with van der Waals surface area (Å²) in [6, 6.07) is 9.93. The second-order valence-electron chi connectivity index (χ2n) is 4.73. The maximum absolute atomic E-state index is 5.88. The summed E-state index contributed by atoms with van der Waals surface area (Å²) in [6.45, 7) is 6.71. The molecule has 2 aromatic carbocycles. The van der Waals surface area contributed by atoms with Gasteiger partial charge < -0.3 is 15.8 Å². The van der Waals surface area contributed by atoms with Gasteiger partial charge >= 0.3 is 0 Å². The van der Waals surface area contributed by atoms with Crippen molar-refractivity contribution in [3.63, 3.8) is 0 Å². The molecule has 3 nitrogen and oxygen atoms in total. The van der Waals surface area contributed by atoms with E-state index in [1.54, 1.807) is 0 Å². The molecule has 0 atom stereocenters. The van der Waals surface area contributed by atoms with Crippen LogP contribution in [0.5, 0.6) is 5.75 Å². The monoisotopic (exact) mass is 334 g/mol. The smallest absolute Gasteiger partial charge is 0.144 e. The molecular formula is C16H19BrN2O. The minimum Gasteiger partial charge on any atom is -0.492 e. The van der Waals surface area contributed by atoms with E-state index < -0.39 is 0 Å². The predicted molar refractivity (Wildman–Crippen MR) is 88.9 cm³/mol. The highest BCUT2D eigenvalue weighted by molar-refractivity contribution is 9.10. The highest BCUT2D eigenvalue weighted by atomic mass is 79.9. The molecular weight excluding hydrogens is 316 g/mol. The van der Waals surface area contributed by atoms with Crippen molar-refractivity contribution in [2.45, 2.75) is 20.8 Å². The second-order valence-corrected chi connectivity index (χ2v) is 5.53. The van der Waals surface area contributed by atoms with Gasteiger partial charge in [0.05, 0.1) is 12.3 Å². The number of anilines is 3. The van der Waals surface area contributed by atoms with Crippen LogP contribution in [0.15, 0.2) is 34.8 Å². The molecule has 0 amide bonds. The van der Waals surface area contributed by atoms with E-state index in [0.717, 1.165) is 15.8 Å². The number of aryl methyl sites for hydroxylation is 2. The number of hydrogen-bond acceptors (Lipinski definition) is 3. The van der Waals surface area contributed by atoms with Gasteiger partial charge in [-0.1, -0.05) is 15.9 Å². The molecule has 20 heavy (non-hydrogen) atoms. The maximum Gasteiger partial charge on any atom is 0.144 e. The van der Waals surface area contributed by atoms with Crippen molar-refractivity contribution < 1.29 is 4.74 Å². The third-order valence-electron chi connectivity index (χ3n) is 3.04. The first-order valence-electron chi connectivity index (χ1n) is 6.57. The number of rotatable bonds is 4. The summed E-state index contributed by atoms with van der Waals surface area (Å²) in [4.78, 5) is 0. The Morgan fingerprint density at radius 1 is 1.10 bits per heavy atom. The van der Waals surface area contributed by atoms with Crippen LogP contribution in [-0.2, 0) is 0 Å². The average molecular weight is 335 g/mol. The second kappa shape index (κ2) is 6.18. The van der Waals surface area contributed by atoms with Gasteiger partial charge in [0.25, 0.3) is 0 Å². The fourth-order valence-corrected chi connectivity index (χ4v) is 2.31. The van der Waals surface area contributed by atoms with E-state index in [2.05, 4.69) is 47.2 Å². The number of hydrogen-bond donors (Lipinski definition) is 2. The van der Waals surface area contributed by atoms with Crippen LogP contribution in [0.3, 0.4) is 0 Å². The molecule has 0 fully saturated rings. The van der Waals surface area contributed by atoms with Gasteiger partial charge in [-0.05, 0) is 56.2 Å². The zero-order valence-corrected chi connectivity index (χ0v) is 13.5. The standard InChI is InChI=1S/C16H19BrN2O/c1-4-20-15-9-12(5-6-14(15)18)19-13-7-10(2)16(17)11(3)8-13/h5-9,19H,4,18H2,1-3H3. The van der Waals surface area contributed by atoms with Gasteiger partial charge in [-0.2, -0.15) is 0 Å². The zero-order valence-electron chi connectivity index (χ0n) is 12.0. The Labute approximate surface area is 128 Å². The van der Waals surface area contributed by atoms with Crippen LogP contribution in [0.2, 0.25) is 0 Å². The summed E-state index contributed by atoms with van der Waals surface area (Å²) in [5.74, 6) is 0.711. The topological polar surface area (TPSA) is 47.3 Å². The van der Waals surface area contributed by atoms with E-state index in [0.29, 0.717) is 18.0 Å². The Morgan fingerprint density at radius 2 is 1.75 bits per heavy atom. The number of nitrogens with two attached hydrogens (primary N) is 1. The first kappa shape index (κ1) is 14.7.